The number of urea groups is 1. The predicted octanol–water partition coefficient (Wildman–Crippen LogP) is 0.825. The summed E-state index contributed by atoms with van der Waals surface area (Å²) < 4.78 is 0. The van der Waals surface area contributed by atoms with Crippen molar-refractivity contribution in [3.05, 3.63) is 41.6 Å². The highest BCUT2D eigenvalue weighted by atomic mass is 16.2. The van der Waals surface area contributed by atoms with Crippen LogP contribution in [0.2, 0.25) is 0 Å². The molecule has 1 aliphatic rings. The van der Waals surface area contributed by atoms with Crippen molar-refractivity contribution in [3.8, 4) is 0 Å². The van der Waals surface area contributed by atoms with E-state index in [1.165, 1.54) is 0 Å². The quantitative estimate of drug-likeness (QED) is 0.818. The van der Waals surface area contributed by atoms with Crippen molar-refractivity contribution in [2.75, 3.05) is 19.6 Å². The van der Waals surface area contributed by atoms with Gasteiger partial charge in [-0.2, -0.15) is 0 Å². The fraction of sp³-hybridized carbons (Fsp3) is 0.250. The normalized spacial score (nSPS) is 14.2. The van der Waals surface area contributed by atoms with E-state index < -0.39 is 6.03 Å². The van der Waals surface area contributed by atoms with Crippen LogP contribution in [0.4, 0.5) is 4.79 Å². The monoisotopic (exact) mass is 312 g/mol. The molecule has 0 radical (unpaired) electrons. The molecule has 1 fully saturated rings. The largest absolute Gasteiger partial charge is 0.350 e. The van der Waals surface area contributed by atoms with E-state index in [1.54, 1.807) is 6.07 Å². The summed E-state index contributed by atoms with van der Waals surface area (Å²) in [6.45, 7) is 2.20. The molecule has 1 saturated heterocycles. The number of carbonyl (C=O) groups excluding carboxylic acids is 3. The summed E-state index contributed by atoms with van der Waals surface area (Å²) in [7, 11) is 0. The number of hydrogen-bond acceptors (Lipinski definition) is 4. The van der Waals surface area contributed by atoms with Crippen LogP contribution in [0.25, 0.3) is 10.9 Å². The van der Waals surface area contributed by atoms with Gasteiger partial charge in [0.25, 0.3) is 5.91 Å². The average molecular weight is 312 g/mol. The zero-order valence-corrected chi connectivity index (χ0v) is 12.6. The minimum atomic E-state index is -0.422. The number of fused-ring (bicyclic) bond motifs is 1. The second kappa shape index (κ2) is 6.04. The number of carbonyl (C=O) groups is 3. The average Bonchev–Trinajstić information content (AvgIpc) is 2.85. The Morgan fingerprint density at radius 2 is 2.13 bits per heavy atom. The molecular weight excluding hydrogens is 296 g/mol. The molecule has 2 N–H and O–H groups in total. The van der Waals surface area contributed by atoms with Crippen LogP contribution < -0.4 is 10.6 Å². The van der Waals surface area contributed by atoms with E-state index in [9.17, 15) is 14.4 Å². The number of aryl methyl sites for hydroxylation is 1. The third-order valence-electron chi connectivity index (χ3n) is 3.65. The highest BCUT2D eigenvalue weighted by molar-refractivity contribution is 6.06. The number of rotatable bonds is 4. The molecule has 2 aromatic rings. The minimum Gasteiger partial charge on any atom is -0.350 e. The van der Waals surface area contributed by atoms with Gasteiger partial charge in [0.15, 0.2) is 0 Å². The molecule has 1 aromatic carbocycles. The molecule has 118 valence electrons. The van der Waals surface area contributed by atoms with Crippen molar-refractivity contribution >= 4 is 28.7 Å². The lowest BCUT2D eigenvalue weighted by Gasteiger charge is -2.13. The van der Waals surface area contributed by atoms with Crippen LogP contribution in [-0.4, -0.2) is 47.4 Å². The van der Waals surface area contributed by atoms with E-state index in [0.717, 1.165) is 21.5 Å². The summed E-state index contributed by atoms with van der Waals surface area (Å²) in [6, 6.07) is 8.72. The van der Waals surface area contributed by atoms with Gasteiger partial charge in [-0.25, -0.2) is 4.79 Å². The summed E-state index contributed by atoms with van der Waals surface area (Å²) in [6.07, 6.45) is 0. The van der Waals surface area contributed by atoms with Crippen molar-refractivity contribution in [1.82, 2.24) is 20.5 Å². The third-order valence-corrected chi connectivity index (χ3v) is 3.65. The van der Waals surface area contributed by atoms with Gasteiger partial charge in [-0.3, -0.25) is 19.5 Å². The summed E-state index contributed by atoms with van der Waals surface area (Å²) >= 11 is 0. The van der Waals surface area contributed by atoms with Crippen LogP contribution in [0.5, 0.6) is 0 Å². The summed E-state index contributed by atoms with van der Waals surface area (Å²) in [5.74, 6) is -0.534. The lowest BCUT2D eigenvalue weighted by molar-refractivity contribution is -0.124. The van der Waals surface area contributed by atoms with Crippen LogP contribution in [0.15, 0.2) is 30.3 Å². The number of hydrogen-bond donors (Lipinski definition) is 2. The van der Waals surface area contributed by atoms with Gasteiger partial charge >= 0.3 is 6.03 Å². The van der Waals surface area contributed by atoms with Gasteiger partial charge in [-0.1, -0.05) is 18.2 Å². The maximum atomic E-state index is 12.4. The molecule has 0 spiro atoms. The zero-order valence-electron chi connectivity index (χ0n) is 12.6. The van der Waals surface area contributed by atoms with E-state index in [0.29, 0.717) is 5.56 Å². The van der Waals surface area contributed by atoms with Gasteiger partial charge in [0, 0.05) is 24.2 Å². The van der Waals surface area contributed by atoms with Gasteiger partial charge in [0.1, 0.15) is 0 Å². The van der Waals surface area contributed by atoms with Crippen LogP contribution >= 0.6 is 0 Å². The van der Waals surface area contributed by atoms with Crippen LogP contribution in [-0.2, 0) is 4.79 Å². The lowest BCUT2D eigenvalue weighted by Crippen LogP contribution is -2.38. The Bertz CT molecular complexity index is 787. The van der Waals surface area contributed by atoms with E-state index in [2.05, 4.69) is 15.6 Å². The first kappa shape index (κ1) is 15.0. The van der Waals surface area contributed by atoms with Gasteiger partial charge in [0.05, 0.1) is 17.6 Å². The molecule has 4 amide bonds. The van der Waals surface area contributed by atoms with E-state index in [-0.39, 0.29) is 31.4 Å². The maximum absolute atomic E-state index is 12.4. The topological polar surface area (TPSA) is 91.4 Å². The van der Waals surface area contributed by atoms with E-state index in [4.69, 9.17) is 0 Å². The highest BCUT2D eigenvalue weighted by Gasteiger charge is 2.27. The molecule has 0 unspecified atom stereocenters. The number of benzene rings is 1. The van der Waals surface area contributed by atoms with E-state index in [1.807, 2.05) is 31.2 Å². The molecule has 3 rings (SSSR count). The molecule has 7 nitrogen and oxygen atoms in total. The Balaban J connectivity index is 1.71. The fourth-order valence-electron chi connectivity index (χ4n) is 2.55. The molecule has 1 aromatic heterocycles. The Morgan fingerprint density at radius 1 is 1.35 bits per heavy atom. The first-order valence-corrected chi connectivity index (χ1v) is 7.29. The summed E-state index contributed by atoms with van der Waals surface area (Å²) in [4.78, 5) is 40.8. The number of para-hydroxylation sites is 1. The Kier molecular flexibility index (Phi) is 3.92. The molecule has 0 aliphatic carbocycles. The fourth-order valence-corrected chi connectivity index (χ4v) is 2.55. The van der Waals surface area contributed by atoms with Crippen molar-refractivity contribution in [2.24, 2.45) is 0 Å². The maximum Gasteiger partial charge on any atom is 0.324 e. The van der Waals surface area contributed by atoms with Crippen molar-refractivity contribution < 1.29 is 14.4 Å². The molecule has 23 heavy (non-hydrogen) atoms. The summed E-state index contributed by atoms with van der Waals surface area (Å²) in [5.41, 5.74) is 2.04. The molecule has 0 atom stereocenters. The lowest BCUT2D eigenvalue weighted by atomic mass is 10.1. The Morgan fingerprint density at radius 3 is 2.87 bits per heavy atom. The first-order valence-electron chi connectivity index (χ1n) is 7.29. The number of pyridine rings is 1. The SMILES string of the molecule is Cc1cc(C(=O)NCCN2C(=O)CNC2=O)c2ccccc2n1. The second-order valence-electron chi connectivity index (χ2n) is 5.29. The molecule has 0 saturated carbocycles. The molecular formula is C16H16N4O3. The molecule has 0 bridgehead atoms. The predicted molar refractivity (Wildman–Crippen MR) is 83.9 cm³/mol. The Hall–Kier alpha value is -2.96. The molecule has 7 heteroatoms. The van der Waals surface area contributed by atoms with Gasteiger partial charge in [-0.05, 0) is 19.1 Å². The van der Waals surface area contributed by atoms with Crippen LogP contribution in [0.1, 0.15) is 16.1 Å². The minimum absolute atomic E-state index is 0.0148. The smallest absolute Gasteiger partial charge is 0.324 e. The van der Waals surface area contributed by atoms with Crippen molar-refractivity contribution in [2.45, 2.75) is 6.92 Å². The number of nitrogens with zero attached hydrogens (tertiary/aromatic N) is 2. The first-order chi connectivity index (χ1) is 11.1. The number of nitrogens with one attached hydrogen (secondary N) is 2. The number of aromatic nitrogens is 1. The summed E-state index contributed by atoms with van der Waals surface area (Å²) in [5, 5.41) is 5.95. The Labute approximate surface area is 132 Å². The van der Waals surface area contributed by atoms with Gasteiger partial charge in [-0.15, -0.1) is 0 Å². The van der Waals surface area contributed by atoms with Gasteiger partial charge in [0.2, 0.25) is 5.91 Å². The van der Waals surface area contributed by atoms with Crippen molar-refractivity contribution in [1.29, 1.82) is 0 Å². The third kappa shape index (κ3) is 2.98. The number of amides is 4. The van der Waals surface area contributed by atoms with E-state index >= 15 is 0 Å². The standard InChI is InChI=1S/C16H16N4O3/c1-10-8-12(11-4-2-3-5-13(11)19-10)15(22)17-6-7-20-14(21)9-18-16(20)23/h2-5,8H,6-7,9H2,1H3,(H,17,22)(H,18,23). The second-order valence-corrected chi connectivity index (χ2v) is 5.29. The van der Waals surface area contributed by atoms with Gasteiger partial charge < -0.3 is 10.6 Å². The van der Waals surface area contributed by atoms with Crippen LogP contribution in [0, 0.1) is 6.92 Å². The zero-order chi connectivity index (χ0) is 16.4. The number of imide groups is 1. The highest BCUT2D eigenvalue weighted by Crippen LogP contribution is 2.18. The van der Waals surface area contributed by atoms with Crippen molar-refractivity contribution in [3.63, 3.8) is 0 Å². The molecule has 2 heterocycles. The van der Waals surface area contributed by atoms with Crippen LogP contribution in [0.3, 0.4) is 0 Å². The molecule has 1 aliphatic heterocycles.